The first-order valence-corrected chi connectivity index (χ1v) is 7.21. The molecule has 2 aromatic rings. The summed E-state index contributed by atoms with van der Waals surface area (Å²) in [6.45, 7) is 0. The summed E-state index contributed by atoms with van der Waals surface area (Å²) in [4.78, 5) is -0.232. The third-order valence-electron chi connectivity index (χ3n) is 2.63. The van der Waals surface area contributed by atoms with E-state index in [-0.39, 0.29) is 34.5 Å². The maximum Gasteiger partial charge on any atom is 1.00 e. The Balaban J connectivity index is 0.00000200. The van der Waals surface area contributed by atoms with Crippen LogP contribution >= 0.6 is 12.2 Å². The Labute approximate surface area is 144 Å². The van der Waals surface area contributed by atoms with Crippen molar-refractivity contribution >= 4 is 43.9 Å². The maximum absolute atomic E-state index is 11.2. The van der Waals surface area contributed by atoms with Crippen LogP contribution in [0.15, 0.2) is 41.3 Å². The zero-order chi connectivity index (χ0) is 14.0. The predicted octanol–water partition coefficient (Wildman–Crippen LogP) is -1.34. The van der Waals surface area contributed by atoms with E-state index >= 15 is 0 Å². The van der Waals surface area contributed by atoms with E-state index in [4.69, 9.17) is 12.2 Å². The fourth-order valence-corrected chi connectivity index (χ4v) is 2.58. The summed E-state index contributed by atoms with van der Waals surface area (Å²) in [6, 6.07) is 9.56. The van der Waals surface area contributed by atoms with Crippen molar-refractivity contribution in [1.82, 2.24) is 5.32 Å². The molecule has 2 aromatic carbocycles. The minimum atomic E-state index is -4.51. The van der Waals surface area contributed by atoms with Gasteiger partial charge in [-0.15, -0.1) is 0 Å². The van der Waals surface area contributed by atoms with Crippen molar-refractivity contribution < 1.29 is 42.5 Å². The fraction of sp³-hybridized carbons (Fsp3) is 0.0833. The Bertz CT molecular complexity index is 747. The first kappa shape index (κ1) is 17.4. The molecule has 0 saturated carbocycles. The van der Waals surface area contributed by atoms with Crippen LogP contribution in [0.4, 0.5) is 5.69 Å². The number of benzene rings is 2. The number of fused-ring (bicyclic) bond motifs is 1. The van der Waals surface area contributed by atoms with E-state index in [1.807, 2.05) is 0 Å². The quantitative estimate of drug-likeness (QED) is 0.405. The van der Waals surface area contributed by atoms with Crippen molar-refractivity contribution in [1.29, 1.82) is 0 Å². The van der Waals surface area contributed by atoms with Gasteiger partial charge in [-0.3, -0.25) is 0 Å². The van der Waals surface area contributed by atoms with Gasteiger partial charge in [0.2, 0.25) is 0 Å². The van der Waals surface area contributed by atoms with Crippen molar-refractivity contribution in [3.8, 4) is 0 Å². The van der Waals surface area contributed by atoms with E-state index in [1.54, 1.807) is 31.3 Å². The molecule has 2 N–H and O–H groups in total. The van der Waals surface area contributed by atoms with Gasteiger partial charge in [0.25, 0.3) is 0 Å². The molecule has 0 unspecified atom stereocenters. The number of thiocarbonyl (C=S) groups is 1. The van der Waals surface area contributed by atoms with Crippen LogP contribution in [0.2, 0.25) is 0 Å². The van der Waals surface area contributed by atoms with E-state index in [1.165, 1.54) is 12.1 Å². The summed E-state index contributed by atoms with van der Waals surface area (Å²) < 4.78 is 33.7. The Morgan fingerprint density at radius 2 is 1.75 bits per heavy atom. The molecule has 0 spiro atoms. The van der Waals surface area contributed by atoms with Gasteiger partial charge in [-0.2, -0.15) is 0 Å². The van der Waals surface area contributed by atoms with Crippen molar-refractivity contribution in [3.05, 3.63) is 36.4 Å². The van der Waals surface area contributed by atoms with E-state index < -0.39 is 10.1 Å². The first-order valence-electron chi connectivity index (χ1n) is 5.40. The summed E-state index contributed by atoms with van der Waals surface area (Å²) in [5, 5.41) is 7.10. The van der Waals surface area contributed by atoms with Crippen molar-refractivity contribution in [3.63, 3.8) is 0 Å². The molecule has 0 saturated heterocycles. The van der Waals surface area contributed by atoms with Crippen LogP contribution in [-0.2, 0) is 10.1 Å². The molecule has 0 fully saturated rings. The summed E-state index contributed by atoms with van der Waals surface area (Å²) in [7, 11) is -2.83. The molecule has 0 aliphatic rings. The second kappa shape index (κ2) is 6.84. The SMILES string of the molecule is CNC(=S)Nc1ccc(S(=O)(=O)[O-])c2ccccc12.[Na+]. The predicted molar refractivity (Wildman–Crippen MR) is 77.2 cm³/mol. The van der Waals surface area contributed by atoms with Crippen LogP contribution in [0.1, 0.15) is 0 Å². The van der Waals surface area contributed by atoms with Crippen LogP contribution in [-0.4, -0.2) is 25.1 Å². The van der Waals surface area contributed by atoms with Gasteiger partial charge in [-0.25, -0.2) is 8.42 Å². The molecule has 0 bridgehead atoms. The number of rotatable bonds is 2. The molecule has 0 atom stereocenters. The van der Waals surface area contributed by atoms with Crippen LogP contribution in [0.3, 0.4) is 0 Å². The van der Waals surface area contributed by atoms with Crippen molar-refractivity contribution in [2.24, 2.45) is 0 Å². The Kier molecular flexibility index (Phi) is 5.93. The summed E-state index contributed by atoms with van der Waals surface area (Å²) >= 11 is 5.00. The molecule has 20 heavy (non-hydrogen) atoms. The fourth-order valence-electron chi connectivity index (χ4n) is 1.78. The maximum atomic E-state index is 11.2. The molecule has 0 amide bonds. The molecule has 0 aliphatic heterocycles. The topological polar surface area (TPSA) is 81.3 Å². The Morgan fingerprint density at radius 1 is 1.15 bits per heavy atom. The van der Waals surface area contributed by atoms with Gasteiger partial charge in [-0.05, 0) is 24.4 Å². The minimum absolute atomic E-state index is 0. The third-order valence-corrected chi connectivity index (χ3v) is 3.83. The van der Waals surface area contributed by atoms with Gasteiger partial charge >= 0.3 is 29.6 Å². The molecule has 100 valence electrons. The Morgan fingerprint density at radius 3 is 2.30 bits per heavy atom. The van der Waals surface area contributed by atoms with E-state index in [0.717, 1.165) is 0 Å². The summed E-state index contributed by atoms with van der Waals surface area (Å²) in [5.41, 5.74) is 0.641. The molecular weight excluding hydrogens is 307 g/mol. The molecule has 8 heteroatoms. The Hall–Kier alpha value is -0.700. The van der Waals surface area contributed by atoms with Crippen LogP contribution in [0, 0.1) is 0 Å². The molecule has 0 aromatic heterocycles. The smallest absolute Gasteiger partial charge is 0.744 e. The van der Waals surface area contributed by atoms with Gasteiger partial charge in [0.05, 0.1) is 4.90 Å². The molecule has 0 radical (unpaired) electrons. The monoisotopic (exact) mass is 318 g/mol. The number of hydrogen-bond acceptors (Lipinski definition) is 4. The standard InChI is InChI=1S/C12H12N2O3S2.Na/c1-13-12(18)14-10-6-7-11(19(15,16)17)9-5-3-2-4-8(9)10;/h2-7H,1H3,(H2,13,14,18)(H,15,16,17);/q;+1/p-1. The molecular formula is C12H11N2NaO3S2. The van der Waals surface area contributed by atoms with Crippen molar-refractivity contribution in [2.45, 2.75) is 4.90 Å². The zero-order valence-corrected chi connectivity index (χ0v) is 14.6. The van der Waals surface area contributed by atoms with Crippen LogP contribution in [0.25, 0.3) is 10.8 Å². The van der Waals surface area contributed by atoms with Gasteiger partial charge in [0.15, 0.2) is 5.11 Å². The van der Waals surface area contributed by atoms with Crippen LogP contribution < -0.4 is 40.2 Å². The van der Waals surface area contributed by atoms with E-state index in [2.05, 4.69) is 10.6 Å². The van der Waals surface area contributed by atoms with Gasteiger partial charge in [-0.1, -0.05) is 24.3 Å². The second-order valence-corrected chi connectivity index (χ2v) is 5.57. The molecule has 2 rings (SSSR count). The van der Waals surface area contributed by atoms with E-state index in [9.17, 15) is 13.0 Å². The summed E-state index contributed by atoms with van der Waals surface area (Å²) in [6.07, 6.45) is 0. The molecule has 0 aliphatic carbocycles. The third kappa shape index (κ3) is 3.69. The van der Waals surface area contributed by atoms with Gasteiger partial charge in [0, 0.05) is 23.5 Å². The first-order chi connectivity index (χ1) is 8.93. The number of nitrogens with one attached hydrogen (secondary N) is 2. The molecule has 0 heterocycles. The van der Waals surface area contributed by atoms with Crippen LogP contribution in [0.5, 0.6) is 0 Å². The largest absolute Gasteiger partial charge is 1.00 e. The average molecular weight is 318 g/mol. The minimum Gasteiger partial charge on any atom is -0.744 e. The van der Waals surface area contributed by atoms with Crippen molar-refractivity contribution in [2.75, 3.05) is 12.4 Å². The normalized spacial score (nSPS) is 10.7. The van der Waals surface area contributed by atoms with Gasteiger partial charge in [0.1, 0.15) is 10.1 Å². The number of hydrogen-bond donors (Lipinski definition) is 2. The number of anilines is 1. The second-order valence-electron chi connectivity index (χ2n) is 3.82. The average Bonchev–Trinajstić information content (AvgIpc) is 2.37. The van der Waals surface area contributed by atoms with Gasteiger partial charge < -0.3 is 15.2 Å². The summed E-state index contributed by atoms with van der Waals surface area (Å²) in [5.74, 6) is 0. The van der Waals surface area contributed by atoms with E-state index in [0.29, 0.717) is 21.6 Å². The molecule has 5 nitrogen and oxygen atoms in total. The zero-order valence-electron chi connectivity index (χ0n) is 11.0.